The molecule has 2 aromatic carbocycles. The number of rotatable bonds is 7. The van der Waals surface area contributed by atoms with E-state index in [1.807, 2.05) is 24.3 Å². The molecule has 1 N–H and O–H groups in total. The zero-order chi connectivity index (χ0) is 16.9. The predicted molar refractivity (Wildman–Crippen MR) is 90.3 cm³/mol. The summed E-state index contributed by atoms with van der Waals surface area (Å²) in [6, 6.07) is 11.9. The fourth-order valence-corrected chi connectivity index (χ4v) is 2.96. The first-order chi connectivity index (χ1) is 11.8. The molecular weight excluding hydrogens is 308 g/mol. The van der Waals surface area contributed by atoms with E-state index in [-0.39, 0.29) is 25.9 Å². The Balaban J connectivity index is 1.99. The summed E-state index contributed by atoms with van der Waals surface area (Å²) in [6.07, 6.45) is 0.904. The quantitative estimate of drug-likeness (QED) is 0.844. The average molecular weight is 330 g/mol. The second-order valence-corrected chi connectivity index (χ2v) is 5.55. The number of ether oxygens (including phenoxy) is 4. The number of methoxy groups -OCH3 is 1. The summed E-state index contributed by atoms with van der Waals surface area (Å²) >= 11 is 0. The topological polar surface area (TPSA) is 57.2 Å². The first-order valence-electron chi connectivity index (χ1n) is 8.08. The normalized spacial score (nSPS) is 13.6. The number of aliphatic hydroxyl groups is 1. The molecule has 1 aliphatic rings. The first kappa shape index (κ1) is 16.5. The molecule has 0 radical (unpaired) electrons. The van der Waals surface area contributed by atoms with Crippen molar-refractivity contribution in [1.82, 2.24) is 0 Å². The second kappa shape index (κ2) is 7.45. The van der Waals surface area contributed by atoms with Crippen molar-refractivity contribution in [3.8, 4) is 23.0 Å². The lowest BCUT2D eigenvalue weighted by molar-refractivity contribution is 0.173. The molecule has 0 bridgehead atoms. The van der Waals surface area contributed by atoms with Gasteiger partial charge in [-0.15, -0.1) is 0 Å². The number of hydrogen-bond donors (Lipinski definition) is 1. The van der Waals surface area contributed by atoms with Crippen LogP contribution in [-0.2, 0) is 0 Å². The van der Waals surface area contributed by atoms with Gasteiger partial charge in [-0.25, -0.2) is 0 Å². The van der Waals surface area contributed by atoms with Crippen LogP contribution in [0, 0.1) is 0 Å². The van der Waals surface area contributed by atoms with Crippen molar-refractivity contribution >= 4 is 0 Å². The number of aliphatic hydroxyl groups excluding tert-OH is 1. The van der Waals surface area contributed by atoms with E-state index >= 15 is 0 Å². The monoisotopic (exact) mass is 330 g/mol. The van der Waals surface area contributed by atoms with Gasteiger partial charge in [0, 0.05) is 17.5 Å². The Morgan fingerprint density at radius 2 is 1.83 bits per heavy atom. The summed E-state index contributed by atoms with van der Waals surface area (Å²) in [6.45, 7) is 2.56. The highest BCUT2D eigenvalue weighted by Crippen LogP contribution is 2.43. The lowest BCUT2D eigenvalue weighted by Crippen LogP contribution is -2.07. The fraction of sp³-hybridized carbons (Fsp3) is 0.368. The highest BCUT2D eigenvalue weighted by atomic mass is 16.7. The van der Waals surface area contributed by atoms with Crippen LogP contribution in [0.3, 0.4) is 0 Å². The van der Waals surface area contributed by atoms with Crippen molar-refractivity contribution in [1.29, 1.82) is 0 Å². The molecule has 0 saturated carbocycles. The first-order valence-corrected chi connectivity index (χ1v) is 8.08. The van der Waals surface area contributed by atoms with Gasteiger partial charge in [0.1, 0.15) is 18.1 Å². The van der Waals surface area contributed by atoms with Gasteiger partial charge in [-0.3, -0.25) is 0 Å². The van der Waals surface area contributed by atoms with E-state index in [9.17, 15) is 0 Å². The van der Waals surface area contributed by atoms with Crippen molar-refractivity contribution < 1.29 is 24.1 Å². The summed E-state index contributed by atoms with van der Waals surface area (Å²) in [5.41, 5.74) is 2.20. The third-order valence-corrected chi connectivity index (χ3v) is 4.16. The SMILES string of the molecule is CC[C@@H](c1ccc(OC)cc1)c1cc2c(cc1OCCO)OCO2. The van der Waals surface area contributed by atoms with E-state index in [1.165, 1.54) is 5.56 Å². The van der Waals surface area contributed by atoms with Crippen LogP contribution in [0.15, 0.2) is 36.4 Å². The van der Waals surface area contributed by atoms with Crippen LogP contribution in [0.2, 0.25) is 0 Å². The molecule has 3 rings (SSSR count). The lowest BCUT2D eigenvalue weighted by Gasteiger charge is -2.20. The van der Waals surface area contributed by atoms with Crippen molar-refractivity contribution in [2.75, 3.05) is 27.1 Å². The molecular formula is C19H22O5. The predicted octanol–water partition coefficient (Wildman–Crippen LogP) is 3.34. The van der Waals surface area contributed by atoms with Crippen molar-refractivity contribution in [3.63, 3.8) is 0 Å². The van der Waals surface area contributed by atoms with Gasteiger partial charge in [-0.1, -0.05) is 19.1 Å². The summed E-state index contributed by atoms with van der Waals surface area (Å²) in [5.74, 6) is 3.11. The van der Waals surface area contributed by atoms with Crippen molar-refractivity contribution in [2.24, 2.45) is 0 Å². The van der Waals surface area contributed by atoms with Crippen LogP contribution >= 0.6 is 0 Å². The van der Waals surface area contributed by atoms with Crippen LogP contribution in [-0.4, -0.2) is 32.2 Å². The number of benzene rings is 2. The minimum absolute atomic E-state index is 0.0345. The van der Waals surface area contributed by atoms with Crippen LogP contribution < -0.4 is 18.9 Å². The average Bonchev–Trinajstić information content (AvgIpc) is 3.08. The third-order valence-electron chi connectivity index (χ3n) is 4.16. The van der Waals surface area contributed by atoms with Crippen molar-refractivity contribution in [3.05, 3.63) is 47.5 Å². The number of hydrogen-bond acceptors (Lipinski definition) is 5. The van der Waals surface area contributed by atoms with E-state index < -0.39 is 0 Å². The molecule has 0 spiro atoms. The van der Waals surface area contributed by atoms with Gasteiger partial charge in [-0.05, 0) is 30.2 Å². The molecule has 2 aromatic rings. The highest BCUT2D eigenvalue weighted by Gasteiger charge is 2.23. The van der Waals surface area contributed by atoms with Crippen LogP contribution in [0.25, 0.3) is 0 Å². The molecule has 0 unspecified atom stereocenters. The largest absolute Gasteiger partial charge is 0.497 e. The van der Waals surface area contributed by atoms with Gasteiger partial charge in [0.2, 0.25) is 6.79 Å². The lowest BCUT2D eigenvalue weighted by atomic mass is 9.88. The van der Waals surface area contributed by atoms with Crippen LogP contribution in [0.4, 0.5) is 0 Å². The van der Waals surface area contributed by atoms with Crippen LogP contribution in [0.1, 0.15) is 30.4 Å². The van der Waals surface area contributed by atoms with E-state index in [0.29, 0.717) is 5.75 Å². The molecule has 128 valence electrons. The van der Waals surface area contributed by atoms with Gasteiger partial charge in [-0.2, -0.15) is 0 Å². The Morgan fingerprint density at radius 1 is 1.12 bits per heavy atom. The molecule has 0 aromatic heterocycles. The smallest absolute Gasteiger partial charge is 0.231 e. The standard InChI is InChI=1S/C19H22O5/c1-3-15(13-4-6-14(21-2)7-5-13)16-10-18-19(24-12-23-18)11-17(16)22-9-8-20/h4-7,10-11,15,20H,3,8-9,12H2,1-2H3/t15-/m0/s1. The highest BCUT2D eigenvalue weighted by molar-refractivity contribution is 5.55. The summed E-state index contributed by atoms with van der Waals surface area (Å²) in [5, 5.41) is 9.09. The van der Waals surface area contributed by atoms with Gasteiger partial charge in [0.15, 0.2) is 11.5 Å². The Bertz CT molecular complexity index is 681. The van der Waals surface area contributed by atoms with E-state index in [0.717, 1.165) is 29.2 Å². The van der Waals surface area contributed by atoms with Crippen molar-refractivity contribution in [2.45, 2.75) is 19.3 Å². The molecule has 1 atom stereocenters. The Kier molecular flexibility index (Phi) is 5.11. The van der Waals surface area contributed by atoms with Gasteiger partial charge >= 0.3 is 0 Å². The second-order valence-electron chi connectivity index (χ2n) is 5.55. The minimum atomic E-state index is -0.0345. The summed E-state index contributed by atoms with van der Waals surface area (Å²) in [4.78, 5) is 0. The van der Waals surface area contributed by atoms with E-state index in [4.69, 9.17) is 24.1 Å². The maximum Gasteiger partial charge on any atom is 0.231 e. The molecule has 5 nitrogen and oxygen atoms in total. The summed E-state index contributed by atoms with van der Waals surface area (Å²) in [7, 11) is 1.66. The van der Waals surface area contributed by atoms with Gasteiger partial charge < -0.3 is 24.1 Å². The molecule has 5 heteroatoms. The maximum absolute atomic E-state index is 9.09. The molecule has 0 amide bonds. The zero-order valence-electron chi connectivity index (χ0n) is 14.0. The fourth-order valence-electron chi connectivity index (χ4n) is 2.96. The van der Waals surface area contributed by atoms with E-state index in [1.54, 1.807) is 7.11 Å². The molecule has 24 heavy (non-hydrogen) atoms. The summed E-state index contributed by atoms with van der Waals surface area (Å²) < 4.78 is 21.9. The zero-order valence-corrected chi connectivity index (χ0v) is 14.0. The van der Waals surface area contributed by atoms with Gasteiger partial charge in [0.05, 0.1) is 13.7 Å². The Labute approximate surface area is 141 Å². The molecule has 0 saturated heterocycles. The third kappa shape index (κ3) is 3.26. The van der Waals surface area contributed by atoms with Gasteiger partial charge in [0.25, 0.3) is 0 Å². The molecule has 0 fully saturated rings. The molecule has 1 heterocycles. The molecule has 1 aliphatic heterocycles. The van der Waals surface area contributed by atoms with Crippen LogP contribution in [0.5, 0.6) is 23.0 Å². The molecule has 0 aliphatic carbocycles. The number of fused-ring (bicyclic) bond motifs is 1. The van der Waals surface area contributed by atoms with E-state index in [2.05, 4.69) is 19.1 Å². The Hall–Kier alpha value is -2.40. The Morgan fingerprint density at radius 3 is 2.46 bits per heavy atom. The minimum Gasteiger partial charge on any atom is -0.497 e. The maximum atomic E-state index is 9.09.